The van der Waals surface area contributed by atoms with Crippen LogP contribution in [0.3, 0.4) is 0 Å². The summed E-state index contributed by atoms with van der Waals surface area (Å²) < 4.78 is 0. The summed E-state index contributed by atoms with van der Waals surface area (Å²) in [6.07, 6.45) is 0. The molecule has 0 aliphatic carbocycles. The Morgan fingerprint density at radius 1 is 0.788 bits per heavy atom. The molecule has 1 N–H and O–H groups in total. The fraction of sp³-hybridized carbons (Fsp3) is 0.154. The van der Waals surface area contributed by atoms with E-state index in [1.54, 1.807) is 44.4 Å². The van der Waals surface area contributed by atoms with E-state index in [1.807, 2.05) is 26.0 Å². The number of fused-ring (bicyclic) bond motifs is 1. The number of nitrogens with zero attached hydrogens (tertiary/aromatic N) is 2. The average molecular weight is 441 g/mol. The highest BCUT2D eigenvalue weighted by molar-refractivity contribution is 6.35. The van der Waals surface area contributed by atoms with Crippen LogP contribution in [0.4, 0.5) is 11.4 Å². The van der Waals surface area contributed by atoms with Crippen molar-refractivity contribution < 1.29 is 19.2 Å². The second-order valence-corrected chi connectivity index (χ2v) is 8.23. The highest BCUT2D eigenvalue weighted by atomic mass is 16.2. The summed E-state index contributed by atoms with van der Waals surface area (Å²) in [7, 11) is 3.33. The molecule has 0 fully saturated rings. The summed E-state index contributed by atoms with van der Waals surface area (Å²) >= 11 is 0. The van der Waals surface area contributed by atoms with Gasteiger partial charge < -0.3 is 10.2 Å². The first-order chi connectivity index (χ1) is 15.7. The lowest BCUT2D eigenvalue weighted by Crippen LogP contribution is -2.30. The zero-order chi connectivity index (χ0) is 23.9. The van der Waals surface area contributed by atoms with Crippen LogP contribution in [-0.4, -0.2) is 42.6 Å². The van der Waals surface area contributed by atoms with Crippen molar-refractivity contribution in [2.24, 2.45) is 0 Å². The Balaban J connectivity index is 1.57. The summed E-state index contributed by atoms with van der Waals surface area (Å²) in [4.78, 5) is 53.5. The number of amides is 4. The van der Waals surface area contributed by atoms with Gasteiger partial charge in [-0.1, -0.05) is 12.1 Å². The quantitative estimate of drug-likeness (QED) is 0.619. The number of hydrogen-bond donors (Lipinski definition) is 1. The lowest BCUT2D eigenvalue weighted by molar-refractivity contribution is 0.0826. The monoisotopic (exact) mass is 441 g/mol. The van der Waals surface area contributed by atoms with E-state index < -0.39 is 17.7 Å². The van der Waals surface area contributed by atoms with Gasteiger partial charge in [-0.3, -0.25) is 19.2 Å². The van der Waals surface area contributed by atoms with Crippen molar-refractivity contribution in [3.8, 4) is 0 Å². The third-order valence-corrected chi connectivity index (χ3v) is 5.55. The lowest BCUT2D eigenvalue weighted by atomic mass is 10.1. The number of carbonyl (C=O) groups is 4. The van der Waals surface area contributed by atoms with Crippen molar-refractivity contribution in [1.29, 1.82) is 0 Å². The van der Waals surface area contributed by atoms with Crippen LogP contribution >= 0.6 is 0 Å². The Bertz CT molecular complexity index is 1310. The Morgan fingerprint density at radius 3 is 2.09 bits per heavy atom. The highest BCUT2D eigenvalue weighted by Gasteiger charge is 2.37. The first-order valence-electron chi connectivity index (χ1n) is 10.4. The Kier molecular flexibility index (Phi) is 5.55. The molecule has 1 heterocycles. The molecule has 0 atom stereocenters. The summed E-state index contributed by atoms with van der Waals surface area (Å²) in [6.45, 7) is 3.74. The standard InChI is InChI=1S/C26H23N3O4/c1-15-5-6-16(2)22(13-15)29-25(32)20-12-9-18(14-21(20)26(29)33)23(30)27-19-10-7-17(8-11-19)24(31)28(3)4/h5-14H,1-4H3,(H,27,30). The molecule has 0 spiro atoms. The van der Waals surface area contributed by atoms with E-state index in [1.165, 1.54) is 23.1 Å². The fourth-order valence-corrected chi connectivity index (χ4v) is 3.72. The van der Waals surface area contributed by atoms with Crippen molar-refractivity contribution in [2.75, 3.05) is 24.3 Å². The SMILES string of the molecule is Cc1ccc(C)c(N2C(=O)c3ccc(C(=O)Nc4ccc(C(=O)N(C)C)cc4)cc3C2=O)c1. The fourth-order valence-electron chi connectivity index (χ4n) is 3.72. The molecule has 33 heavy (non-hydrogen) atoms. The molecule has 0 saturated heterocycles. The molecule has 7 nitrogen and oxygen atoms in total. The number of rotatable bonds is 4. The molecule has 1 aliphatic rings. The summed E-state index contributed by atoms with van der Waals surface area (Å²) in [5.41, 5.74) is 4.02. The number of imide groups is 1. The van der Waals surface area contributed by atoms with Gasteiger partial charge in [0.05, 0.1) is 16.8 Å². The first kappa shape index (κ1) is 22.0. The van der Waals surface area contributed by atoms with E-state index in [2.05, 4.69) is 5.32 Å². The van der Waals surface area contributed by atoms with Crippen LogP contribution in [0, 0.1) is 13.8 Å². The average Bonchev–Trinajstić information content (AvgIpc) is 3.04. The minimum Gasteiger partial charge on any atom is -0.345 e. The molecule has 0 aromatic heterocycles. The van der Waals surface area contributed by atoms with Gasteiger partial charge in [0.25, 0.3) is 23.6 Å². The van der Waals surface area contributed by atoms with E-state index in [0.717, 1.165) is 16.0 Å². The highest BCUT2D eigenvalue weighted by Crippen LogP contribution is 2.32. The molecule has 7 heteroatoms. The van der Waals surface area contributed by atoms with Crippen LogP contribution < -0.4 is 10.2 Å². The minimum absolute atomic E-state index is 0.136. The van der Waals surface area contributed by atoms with E-state index in [-0.39, 0.29) is 22.6 Å². The van der Waals surface area contributed by atoms with E-state index in [9.17, 15) is 19.2 Å². The Hall–Kier alpha value is -4.26. The Labute approximate surface area is 191 Å². The molecule has 1 aliphatic heterocycles. The topological polar surface area (TPSA) is 86.8 Å². The maximum Gasteiger partial charge on any atom is 0.266 e. The first-order valence-corrected chi connectivity index (χ1v) is 10.4. The van der Waals surface area contributed by atoms with Gasteiger partial charge in [0.1, 0.15) is 0 Å². The predicted octanol–water partition coefficient (Wildman–Crippen LogP) is 4.06. The molecule has 3 aromatic rings. The van der Waals surface area contributed by atoms with Gasteiger partial charge in [0.2, 0.25) is 0 Å². The molecule has 0 saturated carbocycles. The van der Waals surface area contributed by atoms with E-state index >= 15 is 0 Å². The van der Waals surface area contributed by atoms with Gasteiger partial charge in [-0.15, -0.1) is 0 Å². The van der Waals surface area contributed by atoms with E-state index in [0.29, 0.717) is 16.9 Å². The van der Waals surface area contributed by atoms with Crippen LogP contribution in [0.5, 0.6) is 0 Å². The number of hydrogen-bond acceptors (Lipinski definition) is 4. The molecular weight excluding hydrogens is 418 g/mol. The van der Waals surface area contributed by atoms with Gasteiger partial charge in [-0.2, -0.15) is 0 Å². The summed E-state index contributed by atoms with van der Waals surface area (Å²) in [5, 5.41) is 2.76. The summed E-state index contributed by atoms with van der Waals surface area (Å²) in [6, 6.07) is 16.6. The van der Waals surface area contributed by atoms with Gasteiger partial charge in [-0.05, 0) is 73.5 Å². The summed E-state index contributed by atoms with van der Waals surface area (Å²) in [5.74, 6) is -1.42. The molecule has 3 aromatic carbocycles. The number of aryl methyl sites for hydroxylation is 2. The lowest BCUT2D eigenvalue weighted by Gasteiger charge is -2.17. The molecule has 0 unspecified atom stereocenters. The predicted molar refractivity (Wildman–Crippen MR) is 126 cm³/mol. The van der Waals surface area contributed by atoms with Crippen LogP contribution in [0.2, 0.25) is 0 Å². The number of anilines is 2. The Morgan fingerprint density at radius 2 is 1.42 bits per heavy atom. The maximum atomic E-state index is 13.1. The molecule has 4 amide bonds. The smallest absolute Gasteiger partial charge is 0.266 e. The second kappa shape index (κ2) is 8.35. The van der Waals surface area contributed by atoms with Crippen molar-refractivity contribution in [3.05, 3.63) is 94.0 Å². The van der Waals surface area contributed by atoms with Crippen molar-refractivity contribution in [2.45, 2.75) is 13.8 Å². The van der Waals surface area contributed by atoms with Crippen molar-refractivity contribution in [1.82, 2.24) is 4.90 Å². The van der Waals surface area contributed by atoms with Gasteiger partial charge in [-0.25, -0.2) is 4.90 Å². The van der Waals surface area contributed by atoms with Crippen molar-refractivity contribution >= 4 is 35.0 Å². The second-order valence-electron chi connectivity index (χ2n) is 8.23. The molecule has 166 valence electrons. The largest absolute Gasteiger partial charge is 0.345 e. The van der Waals surface area contributed by atoms with Gasteiger partial charge >= 0.3 is 0 Å². The third kappa shape index (κ3) is 4.01. The zero-order valence-electron chi connectivity index (χ0n) is 18.8. The van der Waals surface area contributed by atoms with Gasteiger partial charge in [0.15, 0.2) is 0 Å². The number of carbonyl (C=O) groups excluding carboxylic acids is 4. The molecule has 4 rings (SSSR count). The van der Waals surface area contributed by atoms with Crippen LogP contribution in [-0.2, 0) is 0 Å². The molecule has 0 bridgehead atoms. The van der Waals surface area contributed by atoms with E-state index in [4.69, 9.17) is 0 Å². The number of benzene rings is 3. The maximum absolute atomic E-state index is 13.1. The molecule has 0 radical (unpaired) electrons. The minimum atomic E-state index is -0.454. The van der Waals surface area contributed by atoms with Crippen LogP contribution in [0.15, 0.2) is 60.7 Å². The zero-order valence-corrected chi connectivity index (χ0v) is 18.8. The third-order valence-electron chi connectivity index (χ3n) is 5.55. The normalized spacial score (nSPS) is 12.5. The molecular formula is C26H23N3O4. The van der Waals surface area contributed by atoms with Crippen LogP contribution in [0.25, 0.3) is 0 Å². The van der Waals surface area contributed by atoms with Crippen molar-refractivity contribution in [3.63, 3.8) is 0 Å². The van der Waals surface area contributed by atoms with Gasteiger partial charge in [0, 0.05) is 30.9 Å². The van der Waals surface area contributed by atoms with Crippen LogP contribution in [0.1, 0.15) is 52.6 Å². The number of nitrogens with one attached hydrogen (secondary N) is 1.